The molecule has 0 amide bonds. The Kier molecular flexibility index (Phi) is 38.7. The van der Waals surface area contributed by atoms with E-state index in [1.165, 1.54) is 13.8 Å². The zero-order chi connectivity index (χ0) is 8.99. The second kappa shape index (κ2) is 24.0. The smallest absolute Gasteiger partial charge is 0.126 e. The Morgan fingerprint density at radius 1 is 1.20 bits per heavy atom. The lowest BCUT2D eigenvalue weighted by Crippen LogP contribution is -1.85. The van der Waals surface area contributed by atoms with Crippen LogP contribution in [0.5, 0.6) is 0 Å². The quantitative estimate of drug-likeness (QED) is 0.522. The predicted molar refractivity (Wildman–Crippen MR) is 37.6 cm³/mol. The first-order valence-electron chi connectivity index (χ1n) is 2.63. The maximum atomic E-state index is 9.44. The van der Waals surface area contributed by atoms with Crippen LogP contribution < -0.4 is 0 Å². The highest BCUT2D eigenvalue weighted by molar-refractivity contribution is 5.72. The van der Waals surface area contributed by atoms with Crippen LogP contribution >= 0.6 is 0 Å². The van der Waals surface area contributed by atoms with E-state index in [1.807, 2.05) is 6.79 Å². The van der Waals surface area contributed by atoms with Gasteiger partial charge in [-0.05, 0) is 13.8 Å². The van der Waals surface area contributed by atoms with E-state index in [0.717, 1.165) is 0 Å². The van der Waals surface area contributed by atoms with Gasteiger partial charge in [-0.15, -0.1) is 0 Å². The van der Waals surface area contributed by atoms with Gasteiger partial charge in [-0.25, -0.2) is 0 Å². The summed E-state index contributed by atoms with van der Waals surface area (Å²) in [6.45, 7) is 4.81. The van der Waals surface area contributed by atoms with E-state index < -0.39 is 0 Å². The largest absolute Gasteiger partial charge is 0.394 e. The van der Waals surface area contributed by atoms with Crippen LogP contribution in [-0.2, 0) is 9.59 Å². The minimum atomic E-state index is -0.125. The van der Waals surface area contributed by atoms with Gasteiger partial charge in [-0.2, -0.15) is 0 Å². The monoisotopic (exact) mass is 150 g/mol. The van der Waals surface area contributed by atoms with Crippen LogP contribution in [-0.4, -0.2) is 36.0 Å². The van der Waals surface area contributed by atoms with Gasteiger partial charge in [0, 0.05) is 0 Å². The van der Waals surface area contributed by atoms with Crippen molar-refractivity contribution in [1.29, 1.82) is 0 Å². The predicted octanol–water partition coefficient (Wildman–Crippen LogP) is -0.619. The fourth-order valence-corrected chi connectivity index (χ4v) is 0. The van der Waals surface area contributed by atoms with Gasteiger partial charge in [-0.1, -0.05) is 0 Å². The summed E-state index contributed by atoms with van der Waals surface area (Å²) in [6.07, 6.45) is 0. The number of aliphatic hydroxyl groups excluding tert-OH is 2. The summed E-state index contributed by atoms with van der Waals surface area (Å²) >= 11 is 0. The molecule has 4 heteroatoms. The fourth-order valence-electron chi connectivity index (χ4n) is 0. The standard InChI is InChI=1S/C3H6O.C2H6O2.CH2O/c1-3(2)4;3-1-2-4;1-2/h1-2H3;3-4H,1-2H2;1H2. The Morgan fingerprint density at radius 3 is 1.30 bits per heavy atom. The highest BCUT2D eigenvalue weighted by Crippen LogP contribution is 1.50. The number of carbonyl (C=O) groups is 2. The van der Waals surface area contributed by atoms with Crippen molar-refractivity contribution in [2.24, 2.45) is 0 Å². The van der Waals surface area contributed by atoms with Gasteiger partial charge in [0.05, 0.1) is 13.2 Å². The van der Waals surface area contributed by atoms with Crippen molar-refractivity contribution in [2.45, 2.75) is 13.8 Å². The molecule has 0 unspecified atom stereocenters. The lowest BCUT2D eigenvalue weighted by molar-refractivity contribution is -0.115. The Bertz CT molecular complexity index is 56.8. The topological polar surface area (TPSA) is 74.6 Å². The SMILES string of the molecule is C=O.CC(C)=O.OCCO. The molecule has 0 atom stereocenters. The number of ketones is 1. The Hall–Kier alpha value is -0.740. The first kappa shape index (κ1) is 16.1. The Morgan fingerprint density at radius 2 is 1.30 bits per heavy atom. The average Bonchev–Trinajstić information content (AvgIpc) is 1.91. The summed E-state index contributed by atoms with van der Waals surface area (Å²) in [5, 5.41) is 15.2. The Balaban J connectivity index is -0.0000000787. The van der Waals surface area contributed by atoms with E-state index in [-0.39, 0.29) is 19.0 Å². The van der Waals surface area contributed by atoms with Crippen LogP contribution in [0.15, 0.2) is 0 Å². The highest BCUT2D eigenvalue weighted by Gasteiger charge is 1.62. The van der Waals surface area contributed by atoms with Crippen molar-refractivity contribution in [2.75, 3.05) is 13.2 Å². The normalized spacial score (nSPS) is 6.00. The summed E-state index contributed by atoms with van der Waals surface area (Å²) in [7, 11) is 0. The third-order valence-corrected chi connectivity index (χ3v) is 0.1000. The zero-order valence-electron chi connectivity index (χ0n) is 6.33. The molecule has 10 heavy (non-hydrogen) atoms. The summed E-state index contributed by atoms with van der Waals surface area (Å²) in [4.78, 5) is 17.4. The zero-order valence-corrected chi connectivity index (χ0v) is 6.33. The molecule has 0 aliphatic heterocycles. The minimum absolute atomic E-state index is 0.125. The van der Waals surface area contributed by atoms with Crippen molar-refractivity contribution in [1.82, 2.24) is 0 Å². The molecule has 0 fully saturated rings. The molecular formula is C6H14O4. The van der Waals surface area contributed by atoms with Crippen molar-refractivity contribution >= 4 is 12.6 Å². The van der Waals surface area contributed by atoms with Crippen molar-refractivity contribution in [3.05, 3.63) is 0 Å². The molecule has 0 aromatic rings. The van der Waals surface area contributed by atoms with E-state index in [4.69, 9.17) is 15.0 Å². The van der Waals surface area contributed by atoms with Crippen LogP contribution in [0.1, 0.15) is 13.8 Å². The lowest BCUT2D eigenvalue weighted by atomic mass is 10.6. The van der Waals surface area contributed by atoms with Gasteiger partial charge in [0.1, 0.15) is 12.6 Å². The highest BCUT2D eigenvalue weighted by atomic mass is 16.3. The average molecular weight is 150 g/mol. The molecule has 0 heterocycles. The van der Waals surface area contributed by atoms with Gasteiger partial charge < -0.3 is 19.8 Å². The molecule has 0 saturated heterocycles. The second-order valence-electron chi connectivity index (χ2n) is 1.36. The maximum absolute atomic E-state index is 9.44. The van der Waals surface area contributed by atoms with Crippen LogP contribution in [0.4, 0.5) is 0 Å². The number of hydrogen-bond donors (Lipinski definition) is 2. The van der Waals surface area contributed by atoms with Crippen LogP contribution in [0, 0.1) is 0 Å². The molecule has 0 bridgehead atoms. The molecule has 62 valence electrons. The van der Waals surface area contributed by atoms with Crippen molar-refractivity contribution in [3.63, 3.8) is 0 Å². The summed E-state index contributed by atoms with van der Waals surface area (Å²) < 4.78 is 0. The first-order valence-corrected chi connectivity index (χ1v) is 2.63. The molecule has 0 spiro atoms. The van der Waals surface area contributed by atoms with Gasteiger partial charge in [0.25, 0.3) is 0 Å². The van der Waals surface area contributed by atoms with Gasteiger partial charge in [-0.3, -0.25) is 0 Å². The number of Topliss-reactive ketones (excluding diaryl/α,β-unsaturated/α-hetero) is 1. The molecule has 0 aromatic heterocycles. The minimum Gasteiger partial charge on any atom is -0.394 e. The molecular weight excluding hydrogens is 136 g/mol. The molecule has 0 rings (SSSR count). The van der Waals surface area contributed by atoms with Crippen LogP contribution in [0.2, 0.25) is 0 Å². The number of aliphatic hydroxyl groups is 2. The molecule has 0 aromatic carbocycles. The van der Waals surface area contributed by atoms with Gasteiger partial charge >= 0.3 is 0 Å². The molecule has 0 radical (unpaired) electrons. The number of carbonyl (C=O) groups excluding carboxylic acids is 2. The Labute approximate surface area is 60.5 Å². The maximum Gasteiger partial charge on any atom is 0.126 e. The molecule has 2 N–H and O–H groups in total. The first-order chi connectivity index (χ1) is 4.65. The fraction of sp³-hybridized carbons (Fsp3) is 0.667. The van der Waals surface area contributed by atoms with Gasteiger partial charge in [0.15, 0.2) is 0 Å². The third-order valence-electron chi connectivity index (χ3n) is 0.1000. The van der Waals surface area contributed by atoms with Crippen molar-refractivity contribution in [3.8, 4) is 0 Å². The van der Waals surface area contributed by atoms with Gasteiger partial charge in [0.2, 0.25) is 0 Å². The van der Waals surface area contributed by atoms with E-state index in [9.17, 15) is 4.79 Å². The van der Waals surface area contributed by atoms with E-state index in [1.54, 1.807) is 0 Å². The lowest BCUT2D eigenvalue weighted by Gasteiger charge is -1.70. The second-order valence-corrected chi connectivity index (χ2v) is 1.36. The summed E-state index contributed by atoms with van der Waals surface area (Å²) in [6, 6.07) is 0. The summed E-state index contributed by atoms with van der Waals surface area (Å²) in [5.74, 6) is 0.167. The third kappa shape index (κ3) is 4210. The summed E-state index contributed by atoms with van der Waals surface area (Å²) in [5.41, 5.74) is 0. The van der Waals surface area contributed by atoms with Crippen LogP contribution in [0.3, 0.4) is 0 Å². The number of rotatable bonds is 1. The molecule has 0 aliphatic carbocycles. The van der Waals surface area contributed by atoms with E-state index in [2.05, 4.69) is 0 Å². The van der Waals surface area contributed by atoms with E-state index in [0.29, 0.717) is 0 Å². The van der Waals surface area contributed by atoms with E-state index >= 15 is 0 Å². The number of hydrogen-bond acceptors (Lipinski definition) is 4. The molecule has 4 nitrogen and oxygen atoms in total. The van der Waals surface area contributed by atoms with Crippen LogP contribution in [0.25, 0.3) is 0 Å². The molecule has 0 saturated carbocycles. The van der Waals surface area contributed by atoms with Crippen molar-refractivity contribution < 1.29 is 19.8 Å². The molecule has 0 aliphatic rings.